The standard InChI is InChI=1S/C23H20O4/c24-22(26-17-9-12-18-10-3-1-4-11-18)20-15-7-8-16-21(20)23(25)27-19-13-5-2-6-14-19/h1-8,10-11,13-16H,9,12,17H2. The molecular weight excluding hydrogens is 340 g/mol. The van der Waals surface area contributed by atoms with Crippen LogP contribution in [0.2, 0.25) is 0 Å². The van der Waals surface area contributed by atoms with Crippen molar-refractivity contribution in [2.24, 2.45) is 0 Å². The molecule has 0 aromatic heterocycles. The molecule has 4 heteroatoms. The molecule has 0 atom stereocenters. The summed E-state index contributed by atoms with van der Waals surface area (Å²) < 4.78 is 10.7. The van der Waals surface area contributed by atoms with E-state index in [2.05, 4.69) is 0 Å². The molecule has 0 aliphatic carbocycles. The van der Waals surface area contributed by atoms with Gasteiger partial charge >= 0.3 is 11.9 Å². The number of esters is 2. The maximum atomic E-state index is 12.4. The van der Waals surface area contributed by atoms with Crippen LogP contribution < -0.4 is 4.74 Å². The van der Waals surface area contributed by atoms with Gasteiger partial charge in [0.1, 0.15) is 5.75 Å². The van der Waals surface area contributed by atoms with Crippen molar-refractivity contribution in [3.05, 3.63) is 102 Å². The molecule has 3 rings (SSSR count). The first-order valence-electron chi connectivity index (χ1n) is 8.81. The van der Waals surface area contributed by atoms with Gasteiger partial charge in [0.2, 0.25) is 0 Å². The van der Waals surface area contributed by atoms with Gasteiger partial charge in [0.15, 0.2) is 0 Å². The average Bonchev–Trinajstić information content (AvgIpc) is 2.72. The zero-order valence-electron chi connectivity index (χ0n) is 14.8. The summed E-state index contributed by atoms with van der Waals surface area (Å²) in [6, 6.07) is 25.3. The third-order valence-corrected chi connectivity index (χ3v) is 4.01. The number of carbonyl (C=O) groups is 2. The van der Waals surface area contributed by atoms with E-state index in [0.29, 0.717) is 12.2 Å². The summed E-state index contributed by atoms with van der Waals surface area (Å²) in [7, 11) is 0. The van der Waals surface area contributed by atoms with Gasteiger partial charge in [-0.3, -0.25) is 0 Å². The van der Waals surface area contributed by atoms with Crippen LogP contribution in [-0.2, 0) is 11.2 Å². The number of para-hydroxylation sites is 1. The molecule has 27 heavy (non-hydrogen) atoms. The Hall–Kier alpha value is -3.40. The summed E-state index contributed by atoms with van der Waals surface area (Å²) in [6.45, 7) is 0.287. The van der Waals surface area contributed by atoms with Crippen molar-refractivity contribution in [2.45, 2.75) is 12.8 Å². The van der Waals surface area contributed by atoms with Crippen LogP contribution in [0, 0.1) is 0 Å². The van der Waals surface area contributed by atoms with Gasteiger partial charge in [0.25, 0.3) is 0 Å². The van der Waals surface area contributed by atoms with Crippen LogP contribution in [-0.4, -0.2) is 18.5 Å². The number of hydrogen-bond acceptors (Lipinski definition) is 4. The van der Waals surface area contributed by atoms with Crippen molar-refractivity contribution in [1.29, 1.82) is 0 Å². The molecule has 0 fully saturated rings. The van der Waals surface area contributed by atoms with Crippen LogP contribution in [0.25, 0.3) is 0 Å². The third kappa shape index (κ3) is 5.28. The summed E-state index contributed by atoms with van der Waals surface area (Å²) >= 11 is 0. The van der Waals surface area contributed by atoms with Gasteiger partial charge in [0, 0.05) is 0 Å². The molecule has 0 radical (unpaired) electrons. The lowest BCUT2D eigenvalue weighted by Gasteiger charge is -2.09. The minimum absolute atomic E-state index is 0.189. The van der Waals surface area contributed by atoms with Gasteiger partial charge in [-0.2, -0.15) is 0 Å². The molecule has 0 saturated carbocycles. The number of ether oxygens (including phenoxy) is 2. The normalized spacial score (nSPS) is 10.2. The zero-order chi connectivity index (χ0) is 18.9. The Morgan fingerprint density at radius 3 is 1.89 bits per heavy atom. The lowest BCUT2D eigenvalue weighted by atomic mass is 10.1. The molecule has 0 N–H and O–H groups in total. The maximum absolute atomic E-state index is 12.4. The van der Waals surface area contributed by atoms with Crippen LogP contribution in [0.4, 0.5) is 0 Å². The van der Waals surface area contributed by atoms with E-state index in [1.807, 2.05) is 36.4 Å². The van der Waals surface area contributed by atoms with Gasteiger partial charge in [-0.15, -0.1) is 0 Å². The van der Waals surface area contributed by atoms with Crippen LogP contribution in [0.1, 0.15) is 32.7 Å². The quantitative estimate of drug-likeness (QED) is 0.348. The Morgan fingerprint density at radius 2 is 1.22 bits per heavy atom. The fourth-order valence-corrected chi connectivity index (χ4v) is 2.65. The Bertz CT molecular complexity index is 889. The number of carbonyl (C=O) groups excluding carboxylic acids is 2. The lowest BCUT2D eigenvalue weighted by molar-refractivity contribution is 0.0492. The van der Waals surface area contributed by atoms with Crippen molar-refractivity contribution in [1.82, 2.24) is 0 Å². The number of aryl methyl sites for hydroxylation is 1. The topological polar surface area (TPSA) is 52.6 Å². The molecular formula is C23H20O4. The summed E-state index contributed by atoms with van der Waals surface area (Å²) in [4.78, 5) is 24.8. The largest absolute Gasteiger partial charge is 0.462 e. The second-order valence-corrected chi connectivity index (χ2v) is 5.97. The first kappa shape index (κ1) is 18.4. The van der Waals surface area contributed by atoms with E-state index in [4.69, 9.17) is 9.47 Å². The monoisotopic (exact) mass is 360 g/mol. The molecule has 0 aliphatic heterocycles. The maximum Gasteiger partial charge on any atom is 0.344 e. The molecule has 0 unspecified atom stereocenters. The summed E-state index contributed by atoms with van der Waals surface area (Å²) in [6.07, 6.45) is 1.54. The predicted molar refractivity (Wildman–Crippen MR) is 103 cm³/mol. The number of rotatable bonds is 7. The summed E-state index contributed by atoms with van der Waals surface area (Å²) in [5, 5.41) is 0. The smallest absolute Gasteiger partial charge is 0.344 e. The van der Waals surface area contributed by atoms with Gasteiger partial charge in [-0.25, -0.2) is 9.59 Å². The Labute approximate surface area is 158 Å². The molecule has 0 aliphatic rings. The van der Waals surface area contributed by atoms with Crippen molar-refractivity contribution >= 4 is 11.9 Å². The van der Waals surface area contributed by atoms with Gasteiger partial charge in [-0.05, 0) is 42.7 Å². The summed E-state index contributed by atoms with van der Waals surface area (Å²) in [5.41, 5.74) is 1.59. The van der Waals surface area contributed by atoms with Crippen LogP contribution in [0.5, 0.6) is 5.75 Å². The molecule has 3 aromatic rings. The van der Waals surface area contributed by atoms with E-state index in [9.17, 15) is 9.59 Å². The molecule has 0 amide bonds. The minimum Gasteiger partial charge on any atom is -0.462 e. The van der Waals surface area contributed by atoms with E-state index in [1.54, 1.807) is 48.5 Å². The van der Waals surface area contributed by atoms with E-state index >= 15 is 0 Å². The van der Waals surface area contributed by atoms with E-state index < -0.39 is 11.9 Å². The average molecular weight is 360 g/mol. The van der Waals surface area contributed by atoms with Crippen LogP contribution in [0.3, 0.4) is 0 Å². The third-order valence-electron chi connectivity index (χ3n) is 4.01. The molecule has 0 bridgehead atoms. The zero-order valence-corrected chi connectivity index (χ0v) is 14.8. The molecule has 4 nitrogen and oxygen atoms in total. The minimum atomic E-state index is -0.585. The molecule has 3 aromatic carbocycles. The Morgan fingerprint density at radius 1 is 0.667 bits per heavy atom. The van der Waals surface area contributed by atoms with E-state index in [-0.39, 0.29) is 17.7 Å². The van der Waals surface area contributed by atoms with Crippen LogP contribution >= 0.6 is 0 Å². The fourth-order valence-electron chi connectivity index (χ4n) is 2.65. The van der Waals surface area contributed by atoms with Gasteiger partial charge in [0.05, 0.1) is 17.7 Å². The van der Waals surface area contributed by atoms with E-state index in [1.165, 1.54) is 5.56 Å². The molecule has 0 saturated heterocycles. The number of hydrogen-bond donors (Lipinski definition) is 0. The number of benzene rings is 3. The van der Waals surface area contributed by atoms with Crippen molar-refractivity contribution in [3.8, 4) is 5.75 Å². The fraction of sp³-hybridized carbons (Fsp3) is 0.130. The first-order valence-corrected chi connectivity index (χ1v) is 8.81. The highest BCUT2D eigenvalue weighted by atomic mass is 16.5. The van der Waals surface area contributed by atoms with Gasteiger partial charge in [-0.1, -0.05) is 60.7 Å². The van der Waals surface area contributed by atoms with Gasteiger partial charge < -0.3 is 9.47 Å². The molecule has 136 valence electrons. The second kappa shape index (κ2) is 9.34. The Balaban J connectivity index is 1.59. The molecule has 0 heterocycles. The lowest BCUT2D eigenvalue weighted by Crippen LogP contribution is -2.16. The SMILES string of the molecule is O=C(OCCCc1ccccc1)c1ccccc1C(=O)Oc1ccccc1. The first-order chi connectivity index (χ1) is 13.2. The molecule has 0 spiro atoms. The van der Waals surface area contributed by atoms with Crippen molar-refractivity contribution in [2.75, 3.05) is 6.61 Å². The Kier molecular flexibility index (Phi) is 6.36. The van der Waals surface area contributed by atoms with Crippen LogP contribution in [0.15, 0.2) is 84.9 Å². The van der Waals surface area contributed by atoms with Crippen molar-refractivity contribution < 1.29 is 19.1 Å². The summed E-state index contributed by atoms with van der Waals surface area (Å²) in [5.74, 6) is -0.685. The highest BCUT2D eigenvalue weighted by molar-refractivity contribution is 6.03. The highest BCUT2D eigenvalue weighted by Crippen LogP contribution is 2.16. The highest BCUT2D eigenvalue weighted by Gasteiger charge is 2.19. The van der Waals surface area contributed by atoms with E-state index in [0.717, 1.165) is 6.42 Å². The van der Waals surface area contributed by atoms with Crippen molar-refractivity contribution in [3.63, 3.8) is 0 Å². The predicted octanol–water partition coefficient (Wildman–Crippen LogP) is 4.70. The second-order valence-electron chi connectivity index (χ2n) is 5.97.